The molecule has 24 heavy (non-hydrogen) atoms. The van der Waals surface area contributed by atoms with Crippen LogP contribution in [0.25, 0.3) is 0 Å². The molecular weight excluding hydrogens is 310 g/mol. The van der Waals surface area contributed by atoms with Gasteiger partial charge in [0.25, 0.3) is 5.91 Å². The van der Waals surface area contributed by atoms with E-state index in [0.29, 0.717) is 36.4 Å². The van der Waals surface area contributed by atoms with Crippen molar-refractivity contribution in [3.8, 4) is 0 Å². The standard InChI is InChI=1S/C16H19N5O3/c1-9-6-18-12(7-17-9)16(22)21-4-3-11-5-13(23-14(11)8-21)15-19-10(2)24-20-15/h6-7,11,13-14H,3-5,8H2,1-2H3/t11-,13+,14+/m1/s1. The van der Waals surface area contributed by atoms with Crippen molar-refractivity contribution in [1.82, 2.24) is 25.0 Å². The summed E-state index contributed by atoms with van der Waals surface area (Å²) < 4.78 is 11.1. The van der Waals surface area contributed by atoms with Crippen LogP contribution in [-0.2, 0) is 4.74 Å². The Hall–Kier alpha value is -2.35. The first-order valence-electron chi connectivity index (χ1n) is 8.14. The summed E-state index contributed by atoms with van der Waals surface area (Å²) in [6, 6.07) is 0. The number of likely N-dealkylation sites (tertiary alicyclic amines) is 1. The zero-order chi connectivity index (χ0) is 16.7. The highest BCUT2D eigenvalue weighted by Crippen LogP contribution is 2.40. The van der Waals surface area contributed by atoms with Gasteiger partial charge >= 0.3 is 0 Å². The van der Waals surface area contributed by atoms with Crippen LogP contribution >= 0.6 is 0 Å². The van der Waals surface area contributed by atoms with E-state index in [2.05, 4.69) is 20.1 Å². The first kappa shape index (κ1) is 15.2. The Bertz CT molecular complexity index is 744. The fraction of sp³-hybridized carbons (Fsp3) is 0.562. The molecule has 0 spiro atoms. The van der Waals surface area contributed by atoms with Crippen LogP contribution in [0.2, 0.25) is 0 Å². The number of piperidine rings is 1. The average Bonchev–Trinajstić information content (AvgIpc) is 3.20. The maximum Gasteiger partial charge on any atom is 0.274 e. The number of aryl methyl sites for hydroxylation is 2. The second-order valence-corrected chi connectivity index (χ2v) is 6.41. The summed E-state index contributed by atoms with van der Waals surface area (Å²) in [6.45, 7) is 4.88. The number of carbonyl (C=O) groups excluding carboxylic acids is 1. The zero-order valence-electron chi connectivity index (χ0n) is 13.7. The van der Waals surface area contributed by atoms with Crippen molar-refractivity contribution in [3.63, 3.8) is 0 Å². The van der Waals surface area contributed by atoms with Crippen LogP contribution in [0.3, 0.4) is 0 Å². The summed E-state index contributed by atoms with van der Waals surface area (Å²) in [5, 5.41) is 3.96. The molecule has 0 unspecified atom stereocenters. The van der Waals surface area contributed by atoms with E-state index in [1.807, 2.05) is 6.92 Å². The van der Waals surface area contributed by atoms with Gasteiger partial charge in [-0.15, -0.1) is 0 Å². The molecule has 8 heteroatoms. The summed E-state index contributed by atoms with van der Waals surface area (Å²) in [5.74, 6) is 1.47. The number of hydrogen-bond acceptors (Lipinski definition) is 7. The molecule has 2 aromatic rings. The number of fused-ring (bicyclic) bond motifs is 1. The van der Waals surface area contributed by atoms with Crippen molar-refractivity contribution in [3.05, 3.63) is 35.5 Å². The third kappa shape index (κ3) is 2.77. The van der Waals surface area contributed by atoms with Gasteiger partial charge in [0.05, 0.1) is 18.0 Å². The fourth-order valence-corrected chi connectivity index (χ4v) is 3.39. The minimum atomic E-state index is -0.147. The van der Waals surface area contributed by atoms with Crippen molar-refractivity contribution in [1.29, 1.82) is 0 Å². The first-order valence-corrected chi connectivity index (χ1v) is 8.14. The third-order valence-corrected chi connectivity index (χ3v) is 4.67. The molecule has 4 rings (SSSR count). The quantitative estimate of drug-likeness (QED) is 0.823. The molecule has 0 radical (unpaired) electrons. The van der Waals surface area contributed by atoms with Gasteiger partial charge in [-0.1, -0.05) is 5.16 Å². The number of hydrogen-bond donors (Lipinski definition) is 0. The highest BCUT2D eigenvalue weighted by molar-refractivity contribution is 5.92. The Morgan fingerprint density at radius 2 is 2.17 bits per heavy atom. The lowest BCUT2D eigenvalue weighted by atomic mass is 9.91. The summed E-state index contributed by atoms with van der Waals surface area (Å²) in [5.41, 5.74) is 1.17. The second-order valence-electron chi connectivity index (χ2n) is 6.41. The Kier molecular flexibility index (Phi) is 3.76. The summed E-state index contributed by atoms with van der Waals surface area (Å²) in [4.78, 5) is 27.0. The van der Waals surface area contributed by atoms with Crippen LogP contribution in [0.15, 0.2) is 16.9 Å². The van der Waals surface area contributed by atoms with Crippen LogP contribution < -0.4 is 0 Å². The molecule has 8 nitrogen and oxygen atoms in total. The molecule has 2 fully saturated rings. The van der Waals surface area contributed by atoms with E-state index in [-0.39, 0.29) is 18.1 Å². The Morgan fingerprint density at radius 3 is 2.88 bits per heavy atom. The first-order chi connectivity index (χ1) is 11.6. The lowest BCUT2D eigenvalue weighted by molar-refractivity contribution is -0.00763. The van der Waals surface area contributed by atoms with E-state index in [1.54, 1.807) is 18.0 Å². The topological polar surface area (TPSA) is 94.2 Å². The monoisotopic (exact) mass is 329 g/mol. The van der Waals surface area contributed by atoms with Gasteiger partial charge in [-0.25, -0.2) is 4.98 Å². The normalized spacial score (nSPS) is 26.4. The molecule has 0 saturated carbocycles. The van der Waals surface area contributed by atoms with Gasteiger partial charge in [0, 0.05) is 26.2 Å². The molecule has 2 aliphatic rings. The van der Waals surface area contributed by atoms with Crippen molar-refractivity contribution in [2.45, 2.75) is 38.9 Å². The minimum Gasteiger partial charge on any atom is -0.365 e. The average molecular weight is 329 g/mol. The van der Waals surface area contributed by atoms with Gasteiger partial charge < -0.3 is 14.2 Å². The van der Waals surface area contributed by atoms with E-state index in [4.69, 9.17) is 9.26 Å². The van der Waals surface area contributed by atoms with Crippen LogP contribution in [0.1, 0.15) is 46.8 Å². The van der Waals surface area contributed by atoms with E-state index in [1.165, 1.54) is 6.20 Å². The smallest absolute Gasteiger partial charge is 0.274 e. The predicted octanol–water partition coefficient (Wildman–Crippen LogP) is 1.47. The van der Waals surface area contributed by atoms with Gasteiger partial charge in [0.1, 0.15) is 11.8 Å². The largest absolute Gasteiger partial charge is 0.365 e. The number of nitrogens with zero attached hydrogens (tertiary/aromatic N) is 5. The molecular formula is C16H19N5O3. The Labute approximate surface area is 139 Å². The van der Waals surface area contributed by atoms with Crippen LogP contribution in [0, 0.1) is 19.8 Å². The summed E-state index contributed by atoms with van der Waals surface area (Å²) >= 11 is 0. The van der Waals surface area contributed by atoms with E-state index in [0.717, 1.165) is 18.5 Å². The molecule has 1 amide bonds. The molecule has 2 aliphatic heterocycles. The third-order valence-electron chi connectivity index (χ3n) is 4.67. The number of aromatic nitrogens is 4. The number of carbonyl (C=O) groups is 1. The maximum atomic E-state index is 12.6. The molecule has 3 atom stereocenters. The number of amides is 1. The molecule has 0 N–H and O–H groups in total. The number of ether oxygens (including phenoxy) is 1. The van der Waals surface area contributed by atoms with Crippen LogP contribution in [0.4, 0.5) is 0 Å². The van der Waals surface area contributed by atoms with E-state index >= 15 is 0 Å². The van der Waals surface area contributed by atoms with Crippen molar-refractivity contribution < 1.29 is 14.1 Å². The second kappa shape index (κ2) is 5.94. The highest BCUT2D eigenvalue weighted by atomic mass is 16.5. The van der Waals surface area contributed by atoms with Crippen molar-refractivity contribution in [2.24, 2.45) is 5.92 Å². The van der Waals surface area contributed by atoms with Crippen LogP contribution in [-0.4, -0.2) is 50.1 Å². The maximum absolute atomic E-state index is 12.6. The highest BCUT2D eigenvalue weighted by Gasteiger charge is 2.42. The molecule has 2 aromatic heterocycles. The number of rotatable bonds is 2. The lowest BCUT2D eigenvalue weighted by Gasteiger charge is -2.33. The van der Waals surface area contributed by atoms with E-state index in [9.17, 15) is 4.79 Å². The zero-order valence-corrected chi connectivity index (χ0v) is 13.7. The van der Waals surface area contributed by atoms with Gasteiger partial charge in [-0.05, 0) is 25.7 Å². The van der Waals surface area contributed by atoms with Gasteiger partial charge in [-0.2, -0.15) is 4.98 Å². The van der Waals surface area contributed by atoms with Gasteiger partial charge in [0.15, 0.2) is 0 Å². The Balaban J connectivity index is 1.44. The summed E-state index contributed by atoms with van der Waals surface area (Å²) in [7, 11) is 0. The van der Waals surface area contributed by atoms with Crippen molar-refractivity contribution >= 4 is 5.91 Å². The summed E-state index contributed by atoms with van der Waals surface area (Å²) in [6.07, 6.45) is 4.78. The molecule has 0 aromatic carbocycles. The molecule has 126 valence electrons. The SMILES string of the molecule is Cc1cnc(C(=O)N2CC[C@@H]3C[C@@H](c4noc(C)n4)O[C@H]3C2)cn1. The van der Waals surface area contributed by atoms with Gasteiger partial charge in [0.2, 0.25) is 11.7 Å². The molecule has 4 heterocycles. The predicted molar refractivity (Wildman–Crippen MR) is 82.0 cm³/mol. The van der Waals surface area contributed by atoms with Gasteiger partial charge in [-0.3, -0.25) is 9.78 Å². The van der Waals surface area contributed by atoms with Crippen molar-refractivity contribution in [2.75, 3.05) is 13.1 Å². The Morgan fingerprint density at radius 1 is 1.29 bits per heavy atom. The lowest BCUT2D eigenvalue weighted by Crippen LogP contribution is -2.45. The molecule has 0 aliphatic carbocycles. The van der Waals surface area contributed by atoms with Crippen LogP contribution in [0.5, 0.6) is 0 Å². The molecule has 0 bridgehead atoms. The van der Waals surface area contributed by atoms with E-state index < -0.39 is 0 Å². The minimum absolute atomic E-state index is 0.00455. The fourth-order valence-electron chi connectivity index (χ4n) is 3.39. The molecule has 2 saturated heterocycles.